The van der Waals surface area contributed by atoms with Crippen molar-refractivity contribution in [2.24, 2.45) is 0 Å². The minimum Gasteiger partial charge on any atom is -0.460 e. The molecule has 0 atom stereocenters. The number of benzene rings is 2. The number of thioether (sulfide) groups is 1. The predicted molar refractivity (Wildman–Crippen MR) is 115 cm³/mol. The van der Waals surface area contributed by atoms with Crippen LogP contribution in [0.5, 0.6) is 0 Å². The van der Waals surface area contributed by atoms with E-state index in [9.17, 15) is 9.18 Å². The average Bonchev–Trinajstić information content (AvgIpc) is 3.42. The van der Waals surface area contributed by atoms with Crippen LogP contribution in [-0.2, 0) is 10.5 Å². The molecule has 158 valence electrons. The number of rotatable bonds is 7. The van der Waals surface area contributed by atoms with Gasteiger partial charge in [-0.1, -0.05) is 42.1 Å². The van der Waals surface area contributed by atoms with Gasteiger partial charge in [-0.05, 0) is 38.0 Å². The van der Waals surface area contributed by atoms with Gasteiger partial charge in [-0.25, -0.2) is 9.18 Å². The van der Waals surface area contributed by atoms with E-state index in [0.29, 0.717) is 27.9 Å². The van der Waals surface area contributed by atoms with Gasteiger partial charge in [0.2, 0.25) is 5.76 Å². The van der Waals surface area contributed by atoms with Crippen molar-refractivity contribution in [3.8, 4) is 11.4 Å². The number of halogens is 1. The van der Waals surface area contributed by atoms with E-state index in [1.165, 1.54) is 17.8 Å². The van der Waals surface area contributed by atoms with Crippen LogP contribution in [0.3, 0.4) is 0 Å². The smallest absolute Gasteiger partial charge is 0.374 e. The first kappa shape index (κ1) is 19.8. The third-order valence-electron chi connectivity index (χ3n) is 5.20. The third kappa shape index (κ3) is 3.72. The van der Waals surface area contributed by atoms with E-state index in [-0.39, 0.29) is 24.2 Å². The lowest BCUT2D eigenvalue weighted by Gasteiger charge is -2.09. The zero-order valence-corrected chi connectivity index (χ0v) is 17.7. The lowest BCUT2D eigenvalue weighted by atomic mass is 10.1. The van der Waals surface area contributed by atoms with Gasteiger partial charge in [-0.2, -0.15) is 0 Å². The molecule has 4 aromatic rings. The fourth-order valence-corrected chi connectivity index (χ4v) is 4.64. The summed E-state index contributed by atoms with van der Waals surface area (Å²) in [6.07, 6.45) is 2.02. The summed E-state index contributed by atoms with van der Waals surface area (Å²) in [7, 11) is 0. The molecule has 8 heteroatoms. The van der Waals surface area contributed by atoms with E-state index in [0.717, 1.165) is 23.8 Å². The number of para-hydroxylation sites is 1. The van der Waals surface area contributed by atoms with Crippen molar-refractivity contribution in [1.82, 2.24) is 14.8 Å². The highest BCUT2D eigenvalue weighted by atomic mass is 32.2. The number of carbonyl (C=O) groups is 1. The molecule has 0 saturated heterocycles. The maximum atomic E-state index is 14.4. The number of nitrogens with zero attached hydrogens (tertiary/aromatic N) is 3. The fourth-order valence-electron chi connectivity index (χ4n) is 3.60. The average molecular weight is 437 g/mol. The maximum Gasteiger partial charge on any atom is 0.374 e. The van der Waals surface area contributed by atoms with Gasteiger partial charge in [0.15, 0.2) is 11.0 Å². The summed E-state index contributed by atoms with van der Waals surface area (Å²) in [5.74, 6) is 0.393. The second kappa shape index (κ2) is 8.19. The minimum atomic E-state index is -0.481. The molecular weight excluding hydrogens is 417 g/mol. The van der Waals surface area contributed by atoms with Crippen LogP contribution >= 0.6 is 11.8 Å². The SMILES string of the molecule is CCOC(=O)c1oc2ccccc2c1CSc1nnc(-c2ccccc2F)n1C1CC1. The molecule has 0 aliphatic heterocycles. The van der Waals surface area contributed by atoms with E-state index in [2.05, 4.69) is 10.2 Å². The van der Waals surface area contributed by atoms with Crippen molar-refractivity contribution in [2.45, 2.75) is 36.7 Å². The van der Waals surface area contributed by atoms with Crippen LogP contribution in [0.4, 0.5) is 4.39 Å². The van der Waals surface area contributed by atoms with Gasteiger partial charge in [-0.3, -0.25) is 4.57 Å². The molecule has 1 fully saturated rings. The number of esters is 1. The van der Waals surface area contributed by atoms with Gasteiger partial charge in [0.05, 0.1) is 12.2 Å². The largest absolute Gasteiger partial charge is 0.460 e. The highest BCUT2D eigenvalue weighted by Crippen LogP contribution is 2.42. The summed E-state index contributed by atoms with van der Waals surface area (Å²) in [6, 6.07) is 14.4. The van der Waals surface area contributed by atoms with Crippen LogP contribution in [-0.4, -0.2) is 27.3 Å². The van der Waals surface area contributed by atoms with Crippen molar-refractivity contribution in [1.29, 1.82) is 0 Å². The molecule has 0 bridgehead atoms. The Bertz CT molecular complexity index is 1260. The fraction of sp³-hybridized carbons (Fsp3) is 0.261. The molecule has 2 aromatic carbocycles. The molecule has 0 radical (unpaired) electrons. The topological polar surface area (TPSA) is 70.2 Å². The molecule has 6 nitrogen and oxygen atoms in total. The van der Waals surface area contributed by atoms with Gasteiger partial charge in [0.25, 0.3) is 0 Å². The minimum absolute atomic E-state index is 0.211. The van der Waals surface area contributed by atoms with Gasteiger partial charge < -0.3 is 9.15 Å². The summed E-state index contributed by atoms with van der Waals surface area (Å²) < 4.78 is 27.4. The van der Waals surface area contributed by atoms with Gasteiger partial charge in [-0.15, -0.1) is 10.2 Å². The van der Waals surface area contributed by atoms with Crippen molar-refractivity contribution in [3.05, 3.63) is 65.7 Å². The molecule has 1 aliphatic rings. The van der Waals surface area contributed by atoms with E-state index >= 15 is 0 Å². The summed E-state index contributed by atoms with van der Waals surface area (Å²) in [5, 5.41) is 10.2. The second-order valence-corrected chi connectivity index (χ2v) is 8.24. The maximum absolute atomic E-state index is 14.4. The molecule has 0 spiro atoms. The summed E-state index contributed by atoms with van der Waals surface area (Å²) in [5.41, 5.74) is 1.84. The molecule has 0 unspecified atom stereocenters. The van der Waals surface area contributed by atoms with Crippen LogP contribution < -0.4 is 0 Å². The lowest BCUT2D eigenvalue weighted by molar-refractivity contribution is 0.0491. The van der Waals surface area contributed by atoms with Crippen molar-refractivity contribution in [2.75, 3.05) is 6.61 Å². The highest BCUT2D eigenvalue weighted by molar-refractivity contribution is 7.98. The molecule has 31 heavy (non-hydrogen) atoms. The van der Waals surface area contributed by atoms with Crippen LogP contribution in [0, 0.1) is 5.82 Å². The Balaban J connectivity index is 1.50. The van der Waals surface area contributed by atoms with E-state index in [1.807, 2.05) is 28.8 Å². The van der Waals surface area contributed by atoms with E-state index in [1.54, 1.807) is 25.1 Å². The third-order valence-corrected chi connectivity index (χ3v) is 6.17. The predicted octanol–water partition coefficient (Wildman–Crippen LogP) is 5.63. The number of carbonyl (C=O) groups excluding carboxylic acids is 1. The zero-order chi connectivity index (χ0) is 21.4. The summed E-state index contributed by atoms with van der Waals surface area (Å²) >= 11 is 1.46. The number of hydrogen-bond acceptors (Lipinski definition) is 6. The Morgan fingerprint density at radius 3 is 2.74 bits per heavy atom. The number of aromatic nitrogens is 3. The van der Waals surface area contributed by atoms with E-state index in [4.69, 9.17) is 9.15 Å². The van der Waals surface area contributed by atoms with Gasteiger partial charge in [0.1, 0.15) is 11.4 Å². The highest BCUT2D eigenvalue weighted by Gasteiger charge is 2.31. The first-order valence-electron chi connectivity index (χ1n) is 10.2. The van der Waals surface area contributed by atoms with Crippen LogP contribution in [0.1, 0.15) is 41.9 Å². The summed E-state index contributed by atoms with van der Waals surface area (Å²) in [4.78, 5) is 12.5. The quantitative estimate of drug-likeness (QED) is 0.275. The first-order valence-corrected chi connectivity index (χ1v) is 11.2. The van der Waals surface area contributed by atoms with Crippen LogP contribution in [0.25, 0.3) is 22.4 Å². The van der Waals surface area contributed by atoms with Crippen molar-refractivity contribution in [3.63, 3.8) is 0 Å². The number of furan rings is 1. The second-order valence-electron chi connectivity index (χ2n) is 7.30. The van der Waals surface area contributed by atoms with Crippen molar-refractivity contribution < 1.29 is 18.3 Å². The Hall–Kier alpha value is -3.13. The number of fused-ring (bicyclic) bond motifs is 1. The number of hydrogen-bond donors (Lipinski definition) is 0. The normalized spacial score (nSPS) is 13.6. The molecule has 0 amide bonds. The monoisotopic (exact) mass is 437 g/mol. The molecule has 1 saturated carbocycles. The zero-order valence-electron chi connectivity index (χ0n) is 16.9. The summed E-state index contributed by atoms with van der Waals surface area (Å²) in [6.45, 7) is 2.03. The molecular formula is C23H20FN3O3S. The van der Waals surface area contributed by atoms with Gasteiger partial charge >= 0.3 is 5.97 Å². The molecule has 5 rings (SSSR count). The van der Waals surface area contributed by atoms with Crippen LogP contribution in [0.2, 0.25) is 0 Å². The Kier molecular flexibility index (Phi) is 5.23. The van der Waals surface area contributed by atoms with E-state index < -0.39 is 5.97 Å². The standard InChI is InChI=1S/C23H20FN3O3S/c1-2-29-22(28)20-17(15-7-4-6-10-19(15)30-20)13-31-23-26-25-21(27(23)14-11-12-14)16-8-3-5-9-18(16)24/h3-10,14H,2,11-13H2,1H3. The Labute approximate surface area is 182 Å². The molecule has 1 aliphatic carbocycles. The molecule has 2 aromatic heterocycles. The lowest BCUT2D eigenvalue weighted by Crippen LogP contribution is -2.06. The van der Waals surface area contributed by atoms with Gasteiger partial charge in [0, 0.05) is 22.7 Å². The molecule has 2 heterocycles. The molecule has 0 N–H and O–H groups in total. The number of ether oxygens (including phenoxy) is 1. The first-order chi connectivity index (χ1) is 15.2. The van der Waals surface area contributed by atoms with Crippen molar-refractivity contribution >= 4 is 28.7 Å². The Morgan fingerprint density at radius 1 is 1.19 bits per heavy atom. The Morgan fingerprint density at radius 2 is 1.97 bits per heavy atom. The van der Waals surface area contributed by atoms with Crippen LogP contribution in [0.15, 0.2) is 58.1 Å².